The molecule has 0 atom stereocenters. The van der Waals surface area contributed by atoms with Crippen LogP contribution in [0.4, 0.5) is 5.13 Å². The molecule has 1 aromatic carbocycles. The van der Waals surface area contributed by atoms with Gasteiger partial charge in [0, 0.05) is 5.56 Å². The van der Waals surface area contributed by atoms with E-state index in [0.29, 0.717) is 22.3 Å². The van der Waals surface area contributed by atoms with Gasteiger partial charge in [0.25, 0.3) is 5.91 Å². The minimum Gasteiger partial charge on any atom is -0.493 e. The molecule has 0 aliphatic rings. The first-order valence-electron chi connectivity index (χ1n) is 6.90. The molecule has 116 valence electrons. The molecular weight excluding hydrogens is 300 g/mol. The number of anilines is 1. The van der Waals surface area contributed by atoms with Gasteiger partial charge < -0.3 is 10.5 Å². The summed E-state index contributed by atoms with van der Waals surface area (Å²) >= 11 is 1.14. The zero-order valence-corrected chi connectivity index (χ0v) is 13.3. The van der Waals surface area contributed by atoms with Crippen molar-refractivity contribution in [3.63, 3.8) is 0 Å². The van der Waals surface area contributed by atoms with Crippen LogP contribution in [0.25, 0.3) is 0 Å². The molecule has 0 spiro atoms. The number of rotatable bonds is 6. The van der Waals surface area contributed by atoms with E-state index < -0.39 is 0 Å². The summed E-state index contributed by atoms with van der Waals surface area (Å²) in [5.74, 6) is 0.412. The van der Waals surface area contributed by atoms with Crippen molar-refractivity contribution in [2.24, 2.45) is 5.10 Å². The second-order valence-electron chi connectivity index (χ2n) is 4.55. The molecule has 3 N–H and O–H groups in total. The number of hydrazone groups is 1. The number of amides is 1. The number of para-hydroxylation sites is 1. The van der Waals surface area contributed by atoms with Crippen LogP contribution in [0, 0.1) is 6.92 Å². The zero-order valence-electron chi connectivity index (χ0n) is 12.5. The van der Waals surface area contributed by atoms with Crippen LogP contribution < -0.4 is 15.9 Å². The third kappa shape index (κ3) is 4.05. The summed E-state index contributed by atoms with van der Waals surface area (Å²) in [6.07, 6.45) is 2.48. The van der Waals surface area contributed by atoms with E-state index in [1.807, 2.05) is 31.2 Å². The molecule has 2 rings (SSSR count). The first-order chi connectivity index (χ1) is 10.6. The van der Waals surface area contributed by atoms with Gasteiger partial charge >= 0.3 is 0 Å². The van der Waals surface area contributed by atoms with Crippen LogP contribution in [-0.2, 0) is 0 Å². The number of nitrogen functional groups attached to an aromatic ring is 1. The highest BCUT2D eigenvalue weighted by Gasteiger charge is 2.13. The molecule has 1 aromatic heterocycles. The monoisotopic (exact) mass is 318 g/mol. The van der Waals surface area contributed by atoms with Gasteiger partial charge in [0.05, 0.1) is 18.5 Å². The molecule has 0 saturated carbocycles. The number of thiazole rings is 1. The number of hydrogen-bond acceptors (Lipinski definition) is 6. The van der Waals surface area contributed by atoms with Crippen LogP contribution in [0.2, 0.25) is 0 Å². The molecule has 0 radical (unpaired) electrons. The molecule has 6 nitrogen and oxygen atoms in total. The Morgan fingerprint density at radius 1 is 1.50 bits per heavy atom. The molecule has 1 heterocycles. The highest BCUT2D eigenvalue weighted by molar-refractivity contribution is 7.17. The van der Waals surface area contributed by atoms with Crippen molar-refractivity contribution < 1.29 is 9.53 Å². The molecule has 0 fully saturated rings. The van der Waals surface area contributed by atoms with E-state index in [4.69, 9.17) is 10.5 Å². The maximum atomic E-state index is 12.0. The summed E-state index contributed by atoms with van der Waals surface area (Å²) in [4.78, 5) is 16.5. The van der Waals surface area contributed by atoms with Crippen molar-refractivity contribution in [3.8, 4) is 5.75 Å². The van der Waals surface area contributed by atoms with Gasteiger partial charge in [-0.05, 0) is 25.5 Å². The Labute approximate surface area is 133 Å². The van der Waals surface area contributed by atoms with Gasteiger partial charge in [-0.3, -0.25) is 4.79 Å². The molecule has 22 heavy (non-hydrogen) atoms. The molecule has 1 amide bonds. The lowest BCUT2D eigenvalue weighted by atomic mass is 10.2. The Morgan fingerprint density at radius 2 is 2.27 bits per heavy atom. The van der Waals surface area contributed by atoms with E-state index in [1.165, 1.54) is 0 Å². The first-order valence-corrected chi connectivity index (χ1v) is 7.71. The number of aromatic nitrogens is 1. The van der Waals surface area contributed by atoms with E-state index >= 15 is 0 Å². The van der Waals surface area contributed by atoms with Gasteiger partial charge in [0.15, 0.2) is 5.13 Å². The van der Waals surface area contributed by atoms with Gasteiger partial charge in [-0.2, -0.15) is 5.10 Å². The molecule has 0 bridgehead atoms. The standard InChI is InChI=1S/C15H18N4O2S/c1-3-8-21-12-7-5-4-6-11(12)9-17-19-14(20)13-10(2)18-15(16)22-13/h4-7,9H,3,8H2,1-2H3,(H2,16,18)(H,19,20)/b17-9-. The summed E-state index contributed by atoms with van der Waals surface area (Å²) in [5, 5.41) is 4.34. The van der Waals surface area contributed by atoms with E-state index in [0.717, 1.165) is 29.1 Å². The predicted octanol–water partition coefficient (Wildman–Crippen LogP) is 2.59. The Hall–Kier alpha value is -2.41. The lowest BCUT2D eigenvalue weighted by Gasteiger charge is -2.07. The number of nitrogens with two attached hydrogens (primary N) is 1. The maximum absolute atomic E-state index is 12.0. The van der Waals surface area contributed by atoms with Crippen LogP contribution in [-0.4, -0.2) is 23.7 Å². The van der Waals surface area contributed by atoms with Crippen LogP contribution in [0.1, 0.15) is 34.3 Å². The van der Waals surface area contributed by atoms with Gasteiger partial charge in [0.1, 0.15) is 10.6 Å². The van der Waals surface area contributed by atoms with Gasteiger partial charge in [-0.25, -0.2) is 10.4 Å². The first kappa shape index (κ1) is 16.0. The van der Waals surface area contributed by atoms with Crippen molar-refractivity contribution in [2.75, 3.05) is 12.3 Å². The topological polar surface area (TPSA) is 89.6 Å². The molecule has 0 aliphatic carbocycles. The normalized spacial score (nSPS) is 10.8. The smallest absolute Gasteiger partial charge is 0.283 e. The molecular formula is C15H18N4O2S. The number of nitrogens with one attached hydrogen (secondary N) is 1. The molecule has 7 heteroatoms. The highest BCUT2D eigenvalue weighted by atomic mass is 32.1. The van der Waals surface area contributed by atoms with Crippen molar-refractivity contribution in [2.45, 2.75) is 20.3 Å². The van der Waals surface area contributed by atoms with E-state index in [-0.39, 0.29) is 5.91 Å². The highest BCUT2D eigenvalue weighted by Crippen LogP contribution is 2.19. The number of carbonyl (C=O) groups is 1. The zero-order chi connectivity index (χ0) is 15.9. The Morgan fingerprint density at radius 3 is 2.95 bits per heavy atom. The van der Waals surface area contributed by atoms with Gasteiger partial charge in [-0.1, -0.05) is 30.4 Å². The fraction of sp³-hybridized carbons (Fsp3) is 0.267. The largest absolute Gasteiger partial charge is 0.493 e. The number of aryl methyl sites for hydroxylation is 1. The minimum absolute atomic E-state index is 0.324. The van der Waals surface area contributed by atoms with E-state index in [2.05, 4.69) is 15.5 Å². The van der Waals surface area contributed by atoms with E-state index in [9.17, 15) is 4.79 Å². The lowest BCUT2D eigenvalue weighted by molar-refractivity contribution is 0.0958. The number of ether oxygens (including phenoxy) is 1. The second-order valence-corrected chi connectivity index (χ2v) is 5.58. The minimum atomic E-state index is -0.324. The summed E-state index contributed by atoms with van der Waals surface area (Å²) in [6, 6.07) is 7.52. The SMILES string of the molecule is CCCOc1ccccc1/C=N\NC(=O)c1sc(N)nc1C. The summed E-state index contributed by atoms with van der Waals surface area (Å²) < 4.78 is 5.62. The number of carbonyl (C=O) groups excluding carboxylic acids is 1. The number of hydrogen-bond donors (Lipinski definition) is 2. The van der Waals surface area contributed by atoms with Crippen molar-refractivity contribution in [1.29, 1.82) is 0 Å². The van der Waals surface area contributed by atoms with Crippen LogP contribution >= 0.6 is 11.3 Å². The fourth-order valence-electron chi connectivity index (χ4n) is 1.77. The Kier molecular flexibility index (Phi) is 5.48. The third-order valence-corrected chi connectivity index (χ3v) is 3.76. The van der Waals surface area contributed by atoms with Gasteiger partial charge in [-0.15, -0.1) is 0 Å². The Bertz CT molecular complexity index is 682. The predicted molar refractivity (Wildman–Crippen MR) is 88.6 cm³/mol. The average Bonchev–Trinajstić information content (AvgIpc) is 2.85. The fourth-order valence-corrected chi connectivity index (χ4v) is 2.49. The summed E-state index contributed by atoms with van der Waals surface area (Å²) in [7, 11) is 0. The molecule has 2 aromatic rings. The molecule has 0 saturated heterocycles. The van der Waals surface area contributed by atoms with Gasteiger partial charge in [0.2, 0.25) is 0 Å². The summed E-state index contributed by atoms with van der Waals surface area (Å²) in [6.45, 7) is 4.41. The summed E-state index contributed by atoms with van der Waals surface area (Å²) in [5.41, 5.74) is 9.45. The van der Waals surface area contributed by atoms with Crippen molar-refractivity contribution in [1.82, 2.24) is 10.4 Å². The lowest BCUT2D eigenvalue weighted by Crippen LogP contribution is -2.17. The third-order valence-electron chi connectivity index (χ3n) is 2.77. The quantitative estimate of drug-likeness (QED) is 0.633. The van der Waals surface area contributed by atoms with E-state index in [1.54, 1.807) is 13.1 Å². The second kappa shape index (κ2) is 7.56. The number of nitrogens with zero attached hydrogens (tertiary/aromatic N) is 2. The number of benzene rings is 1. The molecule has 0 unspecified atom stereocenters. The Balaban J connectivity index is 2.03. The van der Waals surface area contributed by atoms with Crippen molar-refractivity contribution >= 4 is 28.6 Å². The van der Waals surface area contributed by atoms with Crippen LogP contribution in [0.3, 0.4) is 0 Å². The molecule has 0 aliphatic heterocycles. The van der Waals surface area contributed by atoms with Crippen LogP contribution in [0.15, 0.2) is 29.4 Å². The average molecular weight is 318 g/mol. The van der Waals surface area contributed by atoms with Crippen molar-refractivity contribution in [3.05, 3.63) is 40.4 Å². The maximum Gasteiger partial charge on any atom is 0.283 e. The van der Waals surface area contributed by atoms with Crippen LogP contribution in [0.5, 0.6) is 5.75 Å².